The van der Waals surface area contributed by atoms with Gasteiger partial charge in [0.25, 0.3) is 5.24 Å². The Morgan fingerprint density at radius 2 is 1.86 bits per heavy atom. The van der Waals surface area contributed by atoms with Crippen LogP contribution in [0.25, 0.3) is 0 Å². The maximum atomic E-state index is 11.3. The largest absolute Gasteiger partial charge is 0.490 e. The molecule has 0 heterocycles. The van der Waals surface area contributed by atoms with E-state index >= 15 is 0 Å². The van der Waals surface area contributed by atoms with E-state index in [1.807, 2.05) is 19.1 Å². The van der Waals surface area contributed by atoms with E-state index in [1.54, 1.807) is 24.3 Å². The van der Waals surface area contributed by atoms with Crippen molar-refractivity contribution in [2.45, 2.75) is 13.5 Å². The SMILES string of the molecule is CCOc1cc(C(=O)Cl)cc(Br)c1OCc1ccc(Cl)cc1. The minimum atomic E-state index is -0.550. The molecule has 2 rings (SSSR count). The highest BCUT2D eigenvalue weighted by Gasteiger charge is 2.15. The van der Waals surface area contributed by atoms with Crippen molar-refractivity contribution in [2.75, 3.05) is 6.61 Å². The fourth-order valence-corrected chi connectivity index (χ4v) is 2.61. The minimum absolute atomic E-state index is 0.343. The summed E-state index contributed by atoms with van der Waals surface area (Å²) in [6.45, 7) is 2.65. The highest BCUT2D eigenvalue weighted by atomic mass is 79.9. The Kier molecular flexibility index (Phi) is 6.12. The standard InChI is InChI=1S/C16H13BrCl2O3/c1-2-21-14-8-11(16(19)20)7-13(17)15(14)22-9-10-3-5-12(18)6-4-10/h3-8H,2,9H2,1H3. The molecule has 0 aliphatic carbocycles. The summed E-state index contributed by atoms with van der Waals surface area (Å²) in [4.78, 5) is 11.3. The summed E-state index contributed by atoms with van der Waals surface area (Å²) in [7, 11) is 0. The van der Waals surface area contributed by atoms with Crippen molar-refractivity contribution in [2.24, 2.45) is 0 Å². The van der Waals surface area contributed by atoms with Gasteiger partial charge < -0.3 is 9.47 Å². The molecule has 3 nitrogen and oxygen atoms in total. The molecule has 0 bridgehead atoms. The Hall–Kier alpha value is -1.23. The van der Waals surface area contributed by atoms with Gasteiger partial charge in [-0.1, -0.05) is 23.7 Å². The van der Waals surface area contributed by atoms with Crippen LogP contribution in [-0.4, -0.2) is 11.8 Å². The molecular weight excluding hydrogens is 391 g/mol. The molecular formula is C16H13BrCl2O3. The monoisotopic (exact) mass is 402 g/mol. The summed E-state index contributed by atoms with van der Waals surface area (Å²) in [5.41, 5.74) is 1.31. The van der Waals surface area contributed by atoms with Gasteiger partial charge in [-0.3, -0.25) is 4.79 Å². The van der Waals surface area contributed by atoms with Gasteiger partial charge in [0, 0.05) is 10.6 Å². The second-order valence-corrected chi connectivity index (χ2v) is 6.04. The van der Waals surface area contributed by atoms with Crippen LogP contribution in [0.3, 0.4) is 0 Å². The minimum Gasteiger partial charge on any atom is -0.490 e. The van der Waals surface area contributed by atoms with Crippen molar-refractivity contribution < 1.29 is 14.3 Å². The summed E-state index contributed by atoms with van der Waals surface area (Å²) in [6.07, 6.45) is 0. The van der Waals surface area contributed by atoms with Gasteiger partial charge in [0.2, 0.25) is 0 Å². The van der Waals surface area contributed by atoms with Crippen LogP contribution in [0.1, 0.15) is 22.8 Å². The van der Waals surface area contributed by atoms with E-state index in [4.69, 9.17) is 32.7 Å². The predicted molar refractivity (Wildman–Crippen MR) is 91.3 cm³/mol. The zero-order chi connectivity index (χ0) is 16.1. The molecule has 0 saturated carbocycles. The van der Waals surface area contributed by atoms with Gasteiger partial charge in [-0.15, -0.1) is 0 Å². The number of carbonyl (C=O) groups is 1. The lowest BCUT2D eigenvalue weighted by molar-refractivity contribution is 0.108. The van der Waals surface area contributed by atoms with Crippen LogP contribution in [0, 0.1) is 0 Å². The maximum absolute atomic E-state index is 11.3. The van der Waals surface area contributed by atoms with Crippen LogP contribution in [0.5, 0.6) is 11.5 Å². The van der Waals surface area contributed by atoms with E-state index in [2.05, 4.69) is 15.9 Å². The fraction of sp³-hybridized carbons (Fsp3) is 0.188. The van der Waals surface area contributed by atoms with Gasteiger partial charge in [0.05, 0.1) is 11.1 Å². The van der Waals surface area contributed by atoms with Gasteiger partial charge in [-0.05, 0) is 64.3 Å². The van der Waals surface area contributed by atoms with Crippen LogP contribution < -0.4 is 9.47 Å². The van der Waals surface area contributed by atoms with E-state index in [9.17, 15) is 4.79 Å². The van der Waals surface area contributed by atoms with Crippen molar-refractivity contribution in [3.8, 4) is 11.5 Å². The number of halogens is 3. The average molecular weight is 404 g/mol. The Labute approximate surface area is 147 Å². The molecule has 22 heavy (non-hydrogen) atoms. The lowest BCUT2D eigenvalue weighted by atomic mass is 10.2. The first-order valence-corrected chi connectivity index (χ1v) is 8.09. The molecule has 0 atom stereocenters. The average Bonchev–Trinajstić information content (AvgIpc) is 2.48. The second kappa shape index (κ2) is 7.86. The van der Waals surface area contributed by atoms with Crippen LogP contribution in [-0.2, 0) is 6.61 Å². The van der Waals surface area contributed by atoms with Crippen molar-refractivity contribution in [1.29, 1.82) is 0 Å². The zero-order valence-corrected chi connectivity index (χ0v) is 14.8. The molecule has 0 N–H and O–H groups in total. The van der Waals surface area contributed by atoms with E-state index in [0.717, 1.165) is 5.56 Å². The van der Waals surface area contributed by atoms with E-state index in [1.165, 1.54) is 0 Å². The molecule has 0 saturated heterocycles. The number of hydrogen-bond donors (Lipinski definition) is 0. The molecule has 2 aromatic rings. The Balaban J connectivity index is 2.25. The topological polar surface area (TPSA) is 35.5 Å². The molecule has 0 radical (unpaired) electrons. The Morgan fingerprint density at radius 3 is 2.45 bits per heavy atom. The van der Waals surface area contributed by atoms with Gasteiger partial charge in [-0.2, -0.15) is 0 Å². The molecule has 0 aliphatic rings. The third kappa shape index (κ3) is 4.38. The van der Waals surface area contributed by atoms with Crippen LogP contribution in [0.2, 0.25) is 5.02 Å². The van der Waals surface area contributed by atoms with Gasteiger partial charge in [0.15, 0.2) is 11.5 Å². The first kappa shape index (κ1) is 17.1. The van der Waals surface area contributed by atoms with E-state index in [-0.39, 0.29) is 0 Å². The highest BCUT2D eigenvalue weighted by molar-refractivity contribution is 9.10. The predicted octanol–water partition coefficient (Wildman–Crippen LogP) is 5.46. The second-order valence-electron chi connectivity index (χ2n) is 4.41. The summed E-state index contributed by atoms with van der Waals surface area (Å²) < 4.78 is 11.9. The van der Waals surface area contributed by atoms with Crippen LogP contribution in [0.15, 0.2) is 40.9 Å². The number of benzene rings is 2. The molecule has 0 aromatic heterocycles. The number of rotatable bonds is 6. The first-order chi connectivity index (χ1) is 10.5. The quantitative estimate of drug-likeness (QED) is 0.600. The molecule has 2 aromatic carbocycles. The summed E-state index contributed by atoms with van der Waals surface area (Å²) in [6, 6.07) is 10.5. The van der Waals surface area contributed by atoms with Crippen LogP contribution in [0.4, 0.5) is 0 Å². The molecule has 0 unspecified atom stereocenters. The van der Waals surface area contributed by atoms with Crippen molar-refractivity contribution in [3.63, 3.8) is 0 Å². The van der Waals surface area contributed by atoms with Crippen molar-refractivity contribution in [1.82, 2.24) is 0 Å². The zero-order valence-electron chi connectivity index (χ0n) is 11.7. The highest BCUT2D eigenvalue weighted by Crippen LogP contribution is 2.37. The Bertz CT molecular complexity index is 672. The molecule has 6 heteroatoms. The molecule has 0 fully saturated rings. The number of hydrogen-bond acceptors (Lipinski definition) is 3. The lowest BCUT2D eigenvalue weighted by Gasteiger charge is -2.14. The summed E-state index contributed by atoms with van der Waals surface area (Å²) in [5, 5.41) is 0.121. The van der Waals surface area contributed by atoms with E-state index in [0.29, 0.717) is 39.8 Å². The van der Waals surface area contributed by atoms with Crippen LogP contribution >= 0.6 is 39.1 Å². The molecule has 0 spiro atoms. The normalized spacial score (nSPS) is 10.4. The van der Waals surface area contributed by atoms with Crippen molar-refractivity contribution in [3.05, 3.63) is 57.0 Å². The number of carbonyl (C=O) groups excluding carboxylic acids is 1. The summed E-state index contributed by atoms with van der Waals surface area (Å²) >= 11 is 14.8. The third-order valence-corrected chi connectivity index (χ3v) is 3.89. The third-order valence-electron chi connectivity index (χ3n) is 2.83. The van der Waals surface area contributed by atoms with Gasteiger partial charge in [0.1, 0.15) is 6.61 Å². The number of ether oxygens (including phenoxy) is 2. The molecule has 0 aliphatic heterocycles. The molecule has 0 amide bonds. The smallest absolute Gasteiger partial charge is 0.252 e. The molecule has 116 valence electrons. The van der Waals surface area contributed by atoms with Gasteiger partial charge >= 0.3 is 0 Å². The first-order valence-electron chi connectivity index (χ1n) is 6.54. The van der Waals surface area contributed by atoms with Crippen molar-refractivity contribution >= 4 is 44.4 Å². The Morgan fingerprint density at radius 1 is 1.18 bits per heavy atom. The maximum Gasteiger partial charge on any atom is 0.252 e. The lowest BCUT2D eigenvalue weighted by Crippen LogP contribution is -2.02. The summed E-state index contributed by atoms with van der Waals surface area (Å²) in [5.74, 6) is 0.994. The van der Waals surface area contributed by atoms with Gasteiger partial charge in [-0.25, -0.2) is 0 Å². The fourth-order valence-electron chi connectivity index (χ4n) is 1.82. The van der Waals surface area contributed by atoms with E-state index < -0.39 is 5.24 Å².